The van der Waals surface area contributed by atoms with Gasteiger partial charge in [-0.25, -0.2) is 0 Å². The number of hydrogen-bond donors (Lipinski definition) is 2. The Morgan fingerprint density at radius 2 is 2.39 bits per heavy atom. The average Bonchev–Trinajstić information content (AvgIpc) is 2.73. The number of aliphatic hydroxyl groups is 1. The van der Waals surface area contributed by atoms with Crippen LogP contribution in [0.25, 0.3) is 0 Å². The summed E-state index contributed by atoms with van der Waals surface area (Å²) in [6.07, 6.45) is 1.81. The van der Waals surface area contributed by atoms with Gasteiger partial charge in [0.25, 0.3) is 5.91 Å². The zero-order chi connectivity index (χ0) is 13.3. The first-order chi connectivity index (χ1) is 8.54. The molecule has 1 aromatic heterocycles. The van der Waals surface area contributed by atoms with Crippen LogP contribution < -0.4 is 5.73 Å². The van der Waals surface area contributed by atoms with Crippen LogP contribution >= 0.6 is 0 Å². The number of aliphatic hydroxyl groups excluding tert-OH is 1. The summed E-state index contributed by atoms with van der Waals surface area (Å²) < 4.78 is 1.62. The third-order valence-electron chi connectivity index (χ3n) is 3.52. The number of rotatable bonds is 2. The van der Waals surface area contributed by atoms with Crippen LogP contribution in [0.2, 0.25) is 0 Å². The Labute approximate surface area is 106 Å². The molecule has 0 radical (unpaired) electrons. The van der Waals surface area contributed by atoms with Gasteiger partial charge in [-0.3, -0.25) is 9.48 Å². The van der Waals surface area contributed by atoms with Gasteiger partial charge in [-0.1, -0.05) is 6.92 Å². The molecule has 2 rings (SSSR count). The molecule has 0 aliphatic carbocycles. The molecule has 6 nitrogen and oxygen atoms in total. The number of hydrogen-bond acceptors (Lipinski definition) is 4. The molecule has 100 valence electrons. The molecule has 2 heterocycles. The molecule has 1 fully saturated rings. The summed E-state index contributed by atoms with van der Waals surface area (Å²) in [6, 6.07) is 0. The second-order valence-electron chi connectivity index (χ2n) is 4.85. The topological polar surface area (TPSA) is 84.4 Å². The second-order valence-corrected chi connectivity index (χ2v) is 4.85. The SMILES string of the molecule is CCn1ncc(N)c1C(=O)N1CCC(O)C(C)C1. The molecule has 1 aliphatic heterocycles. The van der Waals surface area contributed by atoms with E-state index in [-0.39, 0.29) is 17.9 Å². The van der Waals surface area contributed by atoms with Crippen LogP contribution in [0, 0.1) is 5.92 Å². The van der Waals surface area contributed by atoms with Crippen LogP contribution in [0.15, 0.2) is 6.20 Å². The Bertz CT molecular complexity index is 443. The van der Waals surface area contributed by atoms with Crippen LogP contribution in [0.3, 0.4) is 0 Å². The summed E-state index contributed by atoms with van der Waals surface area (Å²) in [7, 11) is 0. The summed E-state index contributed by atoms with van der Waals surface area (Å²) in [5, 5.41) is 13.8. The maximum absolute atomic E-state index is 12.4. The number of likely N-dealkylation sites (tertiary alicyclic amines) is 1. The number of nitrogens with zero attached hydrogens (tertiary/aromatic N) is 3. The number of carbonyl (C=O) groups is 1. The van der Waals surface area contributed by atoms with E-state index in [1.807, 2.05) is 13.8 Å². The molecular weight excluding hydrogens is 232 g/mol. The number of anilines is 1. The van der Waals surface area contributed by atoms with Crippen molar-refractivity contribution in [2.75, 3.05) is 18.8 Å². The molecule has 2 unspecified atom stereocenters. The molecule has 18 heavy (non-hydrogen) atoms. The number of piperidine rings is 1. The molecule has 1 aliphatic rings. The normalized spacial score (nSPS) is 24.3. The van der Waals surface area contributed by atoms with Gasteiger partial charge >= 0.3 is 0 Å². The molecule has 1 aromatic rings. The van der Waals surface area contributed by atoms with E-state index in [2.05, 4.69) is 5.10 Å². The van der Waals surface area contributed by atoms with Crippen molar-refractivity contribution < 1.29 is 9.90 Å². The van der Waals surface area contributed by atoms with Crippen molar-refractivity contribution in [3.05, 3.63) is 11.9 Å². The van der Waals surface area contributed by atoms with Gasteiger partial charge < -0.3 is 15.7 Å². The van der Waals surface area contributed by atoms with E-state index < -0.39 is 0 Å². The van der Waals surface area contributed by atoms with E-state index >= 15 is 0 Å². The van der Waals surface area contributed by atoms with Crippen molar-refractivity contribution in [3.8, 4) is 0 Å². The smallest absolute Gasteiger partial charge is 0.274 e. The molecule has 0 bridgehead atoms. The lowest BCUT2D eigenvalue weighted by molar-refractivity contribution is 0.0291. The Balaban J connectivity index is 2.18. The Morgan fingerprint density at radius 1 is 1.67 bits per heavy atom. The molecule has 1 saturated heterocycles. The van der Waals surface area contributed by atoms with Crippen molar-refractivity contribution in [1.29, 1.82) is 0 Å². The fourth-order valence-electron chi connectivity index (χ4n) is 2.34. The number of nitrogen functional groups attached to an aromatic ring is 1. The number of amides is 1. The quantitative estimate of drug-likeness (QED) is 0.794. The summed E-state index contributed by atoms with van der Waals surface area (Å²) in [5.41, 5.74) is 6.68. The average molecular weight is 252 g/mol. The summed E-state index contributed by atoms with van der Waals surface area (Å²) >= 11 is 0. The van der Waals surface area contributed by atoms with Crippen LogP contribution in [0.5, 0.6) is 0 Å². The van der Waals surface area contributed by atoms with Gasteiger partial charge in [-0.15, -0.1) is 0 Å². The first-order valence-corrected chi connectivity index (χ1v) is 6.33. The van der Waals surface area contributed by atoms with Crippen molar-refractivity contribution in [3.63, 3.8) is 0 Å². The highest BCUT2D eigenvalue weighted by Crippen LogP contribution is 2.21. The van der Waals surface area contributed by atoms with Gasteiger partial charge in [0.05, 0.1) is 18.0 Å². The van der Waals surface area contributed by atoms with Gasteiger partial charge in [0.15, 0.2) is 0 Å². The van der Waals surface area contributed by atoms with E-state index in [1.165, 1.54) is 6.20 Å². The minimum atomic E-state index is -0.317. The monoisotopic (exact) mass is 252 g/mol. The Kier molecular flexibility index (Phi) is 3.56. The molecule has 1 amide bonds. The first-order valence-electron chi connectivity index (χ1n) is 6.33. The molecule has 0 saturated carbocycles. The largest absolute Gasteiger partial charge is 0.396 e. The molecular formula is C12H20N4O2. The van der Waals surface area contributed by atoms with E-state index in [0.717, 1.165) is 0 Å². The summed E-state index contributed by atoms with van der Waals surface area (Å²) in [4.78, 5) is 14.2. The van der Waals surface area contributed by atoms with E-state index in [0.29, 0.717) is 37.4 Å². The predicted molar refractivity (Wildman–Crippen MR) is 68.0 cm³/mol. The molecule has 6 heteroatoms. The zero-order valence-electron chi connectivity index (χ0n) is 10.8. The van der Waals surface area contributed by atoms with Crippen LogP contribution in [-0.2, 0) is 6.54 Å². The Hall–Kier alpha value is -1.56. The van der Waals surface area contributed by atoms with Gasteiger partial charge in [0.2, 0.25) is 0 Å². The van der Waals surface area contributed by atoms with Crippen LogP contribution in [0.1, 0.15) is 30.8 Å². The highest BCUT2D eigenvalue weighted by atomic mass is 16.3. The Morgan fingerprint density at radius 3 is 3.00 bits per heavy atom. The van der Waals surface area contributed by atoms with Crippen molar-refractivity contribution in [2.45, 2.75) is 32.9 Å². The van der Waals surface area contributed by atoms with Crippen LogP contribution in [0.4, 0.5) is 5.69 Å². The van der Waals surface area contributed by atoms with Crippen LogP contribution in [-0.4, -0.2) is 44.9 Å². The molecule has 0 spiro atoms. The van der Waals surface area contributed by atoms with Gasteiger partial charge in [0.1, 0.15) is 5.69 Å². The fraction of sp³-hybridized carbons (Fsp3) is 0.667. The lowest BCUT2D eigenvalue weighted by Gasteiger charge is -2.34. The maximum atomic E-state index is 12.4. The summed E-state index contributed by atoms with van der Waals surface area (Å²) in [5.74, 6) is 0.00697. The summed E-state index contributed by atoms with van der Waals surface area (Å²) in [6.45, 7) is 5.62. The van der Waals surface area contributed by atoms with E-state index in [1.54, 1.807) is 9.58 Å². The lowest BCUT2D eigenvalue weighted by atomic mass is 9.96. The lowest BCUT2D eigenvalue weighted by Crippen LogP contribution is -2.45. The van der Waals surface area contributed by atoms with Crippen molar-refractivity contribution >= 4 is 11.6 Å². The third kappa shape index (κ3) is 2.20. The first kappa shape index (κ1) is 12.9. The molecule has 0 aromatic carbocycles. The maximum Gasteiger partial charge on any atom is 0.274 e. The highest BCUT2D eigenvalue weighted by molar-refractivity contribution is 5.97. The fourth-order valence-corrected chi connectivity index (χ4v) is 2.34. The standard InChI is InChI=1S/C12H20N4O2/c1-3-16-11(9(13)6-14-16)12(18)15-5-4-10(17)8(2)7-15/h6,8,10,17H,3-5,7,13H2,1-2H3. The van der Waals surface area contributed by atoms with Gasteiger partial charge in [-0.05, 0) is 19.3 Å². The molecule has 3 N–H and O–H groups in total. The van der Waals surface area contributed by atoms with Gasteiger partial charge in [0, 0.05) is 19.6 Å². The zero-order valence-corrected chi connectivity index (χ0v) is 10.8. The minimum absolute atomic E-state index is 0.0920. The van der Waals surface area contributed by atoms with E-state index in [9.17, 15) is 9.90 Å². The number of nitrogens with two attached hydrogens (primary N) is 1. The minimum Gasteiger partial charge on any atom is -0.396 e. The van der Waals surface area contributed by atoms with E-state index in [4.69, 9.17) is 5.73 Å². The predicted octanol–water partition coefficient (Wildman–Crippen LogP) is 0.328. The van der Waals surface area contributed by atoms with Gasteiger partial charge in [-0.2, -0.15) is 5.10 Å². The third-order valence-corrected chi connectivity index (χ3v) is 3.52. The second kappa shape index (κ2) is 4.97. The van der Waals surface area contributed by atoms with Crippen molar-refractivity contribution in [1.82, 2.24) is 14.7 Å². The molecule has 2 atom stereocenters. The highest BCUT2D eigenvalue weighted by Gasteiger charge is 2.30. The number of aryl methyl sites for hydroxylation is 1. The number of carbonyl (C=O) groups excluding carboxylic acids is 1. The number of aromatic nitrogens is 2. The van der Waals surface area contributed by atoms with Crippen molar-refractivity contribution in [2.24, 2.45) is 5.92 Å².